The normalized spacial score (nSPS) is 14.2. The molecule has 0 saturated heterocycles. The topological polar surface area (TPSA) is 20.2 Å². The molecule has 1 aromatic rings. The van der Waals surface area contributed by atoms with Crippen molar-refractivity contribution in [3.8, 4) is 0 Å². The summed E-state index contributed by atoms with van der Waals surface area (Å²) in [4.78, 5) is 0. The molecule has 1 rings (SSSR count). The lowest BCUT2D eigenvalue weighted by atomic mass is 9.88. The Hall–Kier alpha value is -0.820. The summed E-state index contributed by atoms with van der Waals surface area (Å²) in [5.74, 6) is 0. The Morgan fingerprint density at radius 1 is 0.850 bits per heavy atom. The minimum absolute atomic E-state index is 0.680. The first-order valence-corrected chi connectivity index (χ1v) is 8.27. The van der Waals surface area contributed by atoms with Crippen molar-refractivity contribution >= 4 is 0 Å². The Labute approximate surface area is 125 Å². The van der Waals surface area contributed by atoms with E-state index < -0.39 is 5.60 Å². The van der Waals surface area contributed by atoms with Crippen molar-refractivity contribution in [1.82, 2.24) is 0 Å². The van der Waals surface area contributed by atoms with Crippen molar-refractivity contribution in [2.24, 2.45) is 0 Å². The second kappa shape index (κ2) is 8.46. The maximum absolute atomic E-state index is 10.7. The lowest BCUT2D eigenvalue weighted by molar-refractivity contribution is 0.0447. The zero-order chi connectivity index (χ0) is 15.0. The van der Waals surface area contributed by atoms with Crippen LogP contribution in [0.1, 0.15) is 81.9 Å². The van der Waals surface area contributed by atoms with Gasteiger partial charge in [-0.2, -0.15) is 0 Å². The van der Waals surface area contributed by atoms with Gasteiger partial charge in [-0.25, -0.2) is 0 Å². The van der Waals surface area contributed by atoms with Gasteiger partial charge in [0.25, 0.3) is 0 Å². The van der Waals surface area contributed by atoms with E-state index in [4.69, 9.17) is 0 Å². The molecule has 0 aliphatic heterocycles. The van der Waals surface area contributed by atoms with Crippen LogP contribution in [0.5, 0.6) is 0 Å². The molecule has 1 unspecified atom stereocenters. The molecular weight excluding hydrogens is 244 g/mol. The average Bonchev–Trinajstić information content (AvgIpc) is 2.36. The highest BCUT2D eigenvalue weighted by atomic mass is 16.3. The fourth-order valence-corrected chi connectivity index (χ4v) is 2.86. The number of hydrogen-bond acceptors (Lipinski definition) is 1. The minimum Gasteiger partial charge on any atom is -0.385 e. The monoisotopic (exact) mass is 276 g/mol. The van der Waals surface area contributed by atoms with Gasteiger partial charge in [0.1, 0.15) is 0 Å². The van der Waals surface area contributed by atoms with Crippen LogP contribution < -0.4 is 0 Å². The molecule has 0 amide bonds. The predicted octanol–water partition coefficient (Wildman–Crippen LogP) is 5.65. The van der Waals surface area contributed by atoms with Gasteiger partial charge in [0.2, 0.25) is 0 Å². The molecular formula is C19H32O. The molecule has 0 saturated carbocycles. The van der Waals surface area contributed by atoms with E-state index in [0.717, 1.165) is 18.4 Å². The second-order valence-corrected chi connectivity index (χ2v) is 6.52. The van der Waals surface area contributed by atoms with Gasteiger partial charge in [0.05, 0.1) is 5.60 Å². The van der Waals surface area contributed by atoms with Gasteiger partial charge < -0.3 is 5.11 Å². The average molecular weight is 276 g/mol. The number of rotatable bonds is 9. The summed E-state index contributed by atoms with van der Waals surface area (Å²) in [6.07, 6.45) is 9.91. The Morgan fingerprint density at radius 2 is 1.35 bits per heavy atom. The molecule has 1 nitrogen and oxygen atoms in total. The number of hydrogen-bond donors (Lipinski definition) is 1. The van der Waals surface area contributed by atoms with E-state index in [2.05, 4.69) is 39.0 Å². The Bertz CT molecular complexity index is 373. The van der Waals surface area contributed by atoms with E-state index in [0.29, 0.717) is 0 Å². The molecule has 0 aromatic heterocycles. The van der Waals surface area contributed by atoms with Gasteiger partial charge in [-0.3, -0.25) is 0 Å². The van der Waals surface area contributed by atoms with Crippen molar-refractivity contribution in [1.29, 1.82) is 0 Å². The van der Waals surface area contributed by atoms with Crippen LogP contribution in [-0.2, 0) is 5.60 Å². The van der Waals surface area contributed by atoms with Gasteiger partial charge in [-0.1, -0.05) is 81.2 Å². The van der Waals surface area contributed by atoms with Gasteiger partial charge in [0, 0.05) is 0 Å². The zero-order valence-corrected chi connectivity index (χ0v) is 13.8. The summed E-state index contributed by atoms with van der Waals surface area (Å²) < 4.78 is 0. The molecule has 114 valence electrons. The van der Waals surface area contributed by atoms with Crippen LogP contribution in [-0.4, -0.2) is 5.11 Å². The molecule has 0 fully saturated rings. The van der Waals surface area contributed by atoms with Gasteiger partial charge in [-0.05, 0) is 32.8 Å². The third kappa shape index (κ3) is 6.09. The first kappa shape index (κ1) is 17.2. The second-order valence-electron chi connectivity index (χ2n) is 6.52. The van der Waals surface area contributed by atoms with Crippen LogP contribution in [0, 0.1) is 13.8 Å². The highest BCUT2D eigenvalue weighted by Crippen LogP contribution is 2.28. The van der Waals surface area contributed by atoms with E-state index in [-0.39, 0.29) is 0 Å². The van der Waals surface area contributed by atoms with Gasteiger partial charge in [0.15, 0.2) is 0 Å². The van der Waals surface area contributed by atoms with Crippen molar-refractivity contribution in [2.75, 3.05) is 0 Å². The SMILES string of the molecule is CCCCCCCCCC(C)(O)c1cc(C)cc(C)c1. The molecule has 0 heterocycles. The van der Waals surface area contributed by atoms with Crippen LogP contribution >= 0.6 is 0 Å². The summed E-state index contributed by atoms with van der Waals surface area (Å²) >= 11 is 0. The Kier molecular flexibility index (Phi) is 7.29. The maximum Gasteiger partial charge on any atom is 0.0868 e. The first-order valence-electron chi connectivity index (χ1n) is 8.27. The smallest absolute Gasteiger partial charge is 0.0868 e. The molecule has 0 radical (unpaired) electrons. The molecule has 0 aliphatic rings. The van der Waals surface area contributed by atoms with Crippen molar-refractivity contribution in [3.63, 3.8) is 0 Å². The molecule has 1 atom stereocenters. The zero-order valence-electron chi connectivity index (χ0n) is 13.8. The number of aryl methyl sites for hydroxylation is 2. The highest BCUT2D eigenvalue weighted by Gasteiger charge is 2.22. The van der Waals surface area contributed by atoms with Crippen LogP contribution in [0.4, 0.5) is 0 Å². The van der Waals surface area contributed by atoms with Crippen LogP contribution in [0.15, 0.2) is 18.2 Å². The van der Waals surface area contributed by atoms with E-state index in [1.54, 1.807) is 0 Å². The predicted molar refractivity (Wildman–Crippen MR) is 88.1 cm³/mol. The van der Waals surface area contributed by atoms with E-state index >= 15 is 0 Å². The van der Waals surface area contributed by atoms with Crippen molar-refractivity contribution in [3.05, 3.63) is 34.9 Å². The largest absolute Gasteiger partial charge is 0.385 e. The van der Waals surface area contributed by atoms with E-state index in [1.807, 2.05) is 6.92 Å². The standard InChI is InChI=1S/C19H32O/c1-5-6-7-8-9-10-11-12-19(4,20)18-14-16(2)13-17(3)15-18/h13-15,20H,5-12H2,1-4H3. The molecule has 1 N–H and O–H groups in total. The minimum atomic E-state index is -0.680. The summed E-state index contributed by atoms with van der Waals surface area (Å²) in [5, 5.41) is 10.7. The maximum atomic E-state index is 10.7. The fraction of sp³-hybridized carbons (Fsp3) is 0.684. The van der Waals surface area contributed by atoms with Crippen LogP contribution in [0.25, 0.3) is 0 Å². The Balaban J connectivity index is 2.37. The summed E-state index contributed by atoms with van der Waals surface area (Å²) in [6, 6.07) is 6.40. The van der Waals surface area contributed by atoms with Crippen LogP contribution in [0.2, 0.25) is 0 Å². The third-order valence-corrected chi connectivity index (χ3v) is 4.11. The molecule has 1 heteroatoms. The molecule has 0 aliphatic carbocycles. The summed E-state index contributed by atoms with van der Waals surface area (Å²) in [6.45, 7) is 8.40. The number of benzene rings is 1. The molecule has 20 heavy (non-hydrogen) atoms. The third-order valence-electron chi connectivity index (χ3n) is 4.11. The number of aliphatic hydroxyl groups is 1. The quantitative estimate of drug-likeness (QED) is 0.578. The molecule has 0 spiro atoms. The lowest BCUT2D eigenvalue weighted by Crippen LogP contribution is -2.21. The first-order chi connectivity index (χ1) is 9.45. The lowest BCUT2D eigenvalue weighted by Gasteiger charge is -2.25. The number of unbranched alkanes of at least 4 members (excludes halogenated alkanes) is 6. The van der Waals surface area contributed by atoms with Crippen molar-refractivity contribution < 1.29 is 5.11 Å². The van der Waals surface area contributed by atoms with E-state index in [1.165, 1.54) is 49.7 Å². The molecule has 1 aromatic carbocycles. The fourth-order valence-electron chi connectivity index (χ4n) is 2.86. The molecule has 0 bridgehead atoms. The van der Waals surface area contributed by atoms with Crippen molar-refractivity contribution in [2.45, 2.75) is 84.7 Å². The van der Waals surface area contributed by atoms with Crippen LogP contribution in [0.3, 0.4) is 0 Å². The highest BCUT2D eigenvalue weighted by molar-refractivity contribution is 5.32. The van der Waals surface area contributed by atoms with Gasteiger partial charge in [-0.15, -0.1) is 0 Å². The Morgan fingerprint density at radius 3 is 1.90 bits per heavy atom. The summed E-state index contributed by atoms with van der Waals surface area (Å²) in [5.41, 5.74) is 2.86. The summed E-state index contributed by atoms with van der Waals surface area (Å²) in [7, 11) is 0. The van der Waals surface area contributed by atoms with E-state index in [9.17, 15) is 5.11 Å². The van der Waals surface area contributed by atoms with Gasteiger partial charge >= 0.3 is 0 Å².